The Morgan fingerprint density at radius 1 is 0.805 bits per heavy atom. The van der Waals surface area contributed by atoms with E-state index in [-0.39, 0.29) is 18.8 Å². The maximum absolute atomic E-state index is 12.8. The third kappa shape index (κ3) is 8.32. The van der Waals surface area contributed by atoms with Crippen LogP contribution in [-0.2, 0) is 18.0 Å². The number of hydrogen-bond acceptors (Lipinski definition) is 5. The summed E-state index contributed by atoms with van der Waals surface area (Å²) in [5.41, 5.74) is 2.53. The molecular formula is C31H22Cl4N2O4. The van der Waals surface area contributed by atoms with Crippen molar-refractivity contribution in [3.63, 3.8) is 0 Å². The molecule has 208 valence electrons. The minimum absolute atomic E-state index is 0.0913. The standard InChI is InChI=1S/C31H22Cl4N2O4/c1-39-30-13-19(2-11-29(30)41-18-21-4-6-24(33)15-28(21)35)12-22(16-36)31(38)37-25-7-9-26(10-8-25)40-17-20-3-5-23(32)14-27(20)34/h2-15H,17-18H2,1H3,(H,37,38)/b22-12+. The Morgan fingerprint density at radius 2 is 1.41 bits per heavy atom. The monoisotopic (exact) mass is 626 g/mol. The number of amides is 1. The van der Waals surface area contributed by atoms with Gasteiger partial charge in [-0.15, -0.1) is 0 Å². The number of methoxy groups -OCH3 is 1. The second kappa shape index (κ2) is 14.2. The molecule has 0 aromatic heterocycles. The molecule has 4 aromatic rings. The van der Waals surface area contributed by atoms with E-state index in [1.807, 2.05) is 6.07 Å². The molecule has 0 aliphatic carbocycles. The quantitative estimate of drug-likeness (QED) is 0.140. The van der Waals surface area contributed by atoms with Crippen LogP contribution in [-0.4, -0.2) is 13.0 Å². The van der Waals surface area contributed by atoms with Crippen LogP contribution in [0.4, 0.5) is 5.69 Å². The van der Waals surface area contributed by atoms with Crippen LogP contribution in [0.15, 0.2) is 84.4 Å². The molecule has 0 bridgehead atoms. The van der Waals surface area contributed by atoms with Gasteiger partial charge in [0, 0.05) is 36.9 Å². The highest BCUT2D eigenvalue weighted by atomic mass is 35.5. The van der Waals surface area contributed by atoms with Gasteiger partial charge in [-0.3, -0.25) is 4.79 Å². The zero-order valence-corrected chi connectivity index (χ0v) is 24.6. The zero-order chi connectivity index (χ0) is 29.4. The summed E-state index contributed by atoms with van der Waals surface area (Å²) in [6.07, 6.45) is 1.46. The lowest BCUT2D eigenvalue weighted by atomic mass is 10.1. The first-order valence-electron chi connectivity index (χ1n) is 12.1. The number of ether oxygens (including phenoxy) is 3. The lowest BCUT2D eigenvalue weighted by molar-refractivity contribution is -0.112. The molecule has 4 rings (SSSR count). The highest BCUT2D eigenvalue weighted by molar-refractivity contribution is 6.35. The minimum Gasteiger partial charge on any atom is -0.493 e. The predicted molar refractivity (Wildman–Crippen MR) is 163 cm³/mol. The Morgan fingerprint density at radius 3 is 1.98 bits per heavy atom. The normalized spacial score (nSPS) is 11.0. The van der Waals surface area contributed by atoms with E-state index in [9.17, 15) is 10.1 Å². The molecule has 0 radical (unpaired) electrons. The van der Waals surface area contributed by atoms with Crippen molar-refractivity contribution in [2.45, 2.75) is 13.2 Å². The summed E-state index contributed by atoms with van der Waals surface area (Å²) >= 11 is 24.3. The minimum atomic E-state index is -0.564. The van der Waals surface area contributed by atoms with Crippen LogP contribution in [0.1, 0.15) is 16.7 Å². The highest BCUT2D eigenvalue weighted by Crippen LogP contribution is 2.31. The zero-order valence-electron chi connectivity index (χ0n) is 21.6. The van der Waals surface area contributed by atoms with Gasteiger partial charge in [0.2, 0.25) is 0 Å². The summed E-state index contributed by atoms with van der Waals surface area (Å²) < 4.78 is 17.1. The van der Waals surface area contributed by atoms with Crippen LogP contribution in [0.2, 0.25) is 20.1 Å². The van der Waals surface area contributed by atoms with Crippen LogP contribution in [0.3, 0.4) is 0 Å². The van der Waals surface area contributed by atoms with Gasteiger partial charge in [0.05, 0.1) is 7.11 Å². The first-order valence-corrected chi connectivity index (χ1v) is 13.6. The Bertz CT molecular complexity index is 1630. The van der Waals surface area contributed by atoms with E-state index < -0.39 is 5.91 Å². The predicted octanol–water partition coefficient (Wildman–Crippen LogP) is 9.01. The van der Waals surface area contributed by atoms with Crippen molar-refractivity contribution in [1.82, 2.24) is 0 Å². The van der Waals surface area contributed by atoms with Gasteiger partial charge in [0.15, 0.2) is 11.5 Å². The summed E-state index contributed by atoms with van der Waals surface area (Å²) in [6, 6.07) is 24.1. The number of nitriles is 1. The Hall–Kier alpha value is -3.86. The average Bonchev–Trinajstić information content (AvgIpc) is 2.96. The molecule has 0 fully saturated rings. The van der Waals surface area contributed by atoms with Gasteiger partial charge >= 0.3 is 0 Å². The number of anilines is 1. The summed E-state index contributed by atoms with van der Waals surface area (Å²) in [7, 11) is 1.50. The molecule has 1 N–H and O–H groups in total. The fourth-order valence-electron chi connectivity index (χ4n) is 3.64. The fourth-order valence-corrected chi connectivity index (χ4v) is 4.56. The highest BCUT2D eigenvalue weighted by Gasteiger charge is 2.12. The van der Waals surface area contributed by atoms with Gasteiger partial charge in [-0.05, 0) is 72.3 Å². The molecular weight excluding hydrogens is 606 g/mol. The van der Waals surface area contributed by atoms with E-state index in [0.717, 1.165) is 11.1 Å². The number of carbonyl (C=O) groups is 1. The van der Waals surface area contributed by atoms with E-state index in [1.165, 1.54) is 13.2 Å². The van der Waals surface area contributed by atoms with Crippen molar-refractivity contribution >= 4 is 64.1 Å². The summed E-state index contributed by atoms with van der Waals surface area (Å²) in [6.45, 7) is 0.456. The summed E-state index contributed by atoms with van der Waals surface area (Å²) in [5, 5.41) is 14.4. The van der Waals surface area contributed by atoms with Gasteiger partial charge in [-0.25, -0.2) is 0 Å². The number of benzene rings is 4. The van der Waals surface area contributed by atoms with Gasteiger partial charge in [-0.2, -0.15) is 5.26 Å². The van der Waals surface area contributed by atoms with Crippen molar-refractivity contribution in [2.75, 3.05) is 12.4 Å². The molecule has 0 atom stereocenters. The van der Waals surface area contributed by atoms with E-state index in [4.69, 9.17) is 60.6 Å². The SMILES string of the molecule is COc1cc(/C=C(\C#N)C(=O)Nc2ccc(OCc3ccc(Cl)cc3Cl)cc2)ccc1OCc1ccc(Cl)cc1Cl. The maximum atomic E-state index is 12.8. The van der Waals surface area contributed by atoms with E-state index in [1.54, 1.807) is 78.9 Å². The van der Waals surface area contributed by atoms with Crippen molar-refractivity contribution < 1.29 is 19.0 Å². The van der Waals surface area contributed by atoms with Crippen molar-refractivity contribution in [3.05, 3.63) is 121 Å². The number of carbonyl (C=O) groups excluding carboxylic acids is 1. The Labute approximate surface area is 257 Å². The van der Waals surface area contributed by atoms with Gasteiger partial charge in [-0.1, -0.05) is 64.6 Å². The molecule has 0 aliphatic heterocycles. The van der Waals surface area contributed by atoms with Crippen LogP contribution in [0.25, 0.3) is 6.08 Å². The van der Waals surface area contributed by atoms with E-state index in [0.29, 0.717) is 48.6 Å². The van der Waals surface area contributed by atoms with Crippen molar-refractivity contribution in [1.29, 1.82) is 5.26 Å². The first-order chi connectivity index (χ1) is 19.7. The molecule has 41 heavy (non-hydrogen) atoms. The van der Waals surface area contributed by atoms with Crippen LogP contribution < -0.4 is 19.5 Å². The van der Waals surface area contributed by atoms with Crippen LogP contribution >= 0.6 is 46.4 Å². The molecule has 0 saturated heterocycles. The lowest BCUT2D eigenvalue weighted by Gasteiger charge is -2.12. The second-order valence-corrected chi connectivity index (χ2v) is 10.3. The number of nitrogens with one attached hydrogen (secondary N) is 1. The van der Waals surface area contributed by atoms with Gasteiger partial charge in [0.25, 0.3) is 5.91 Å². The number of nitrogens with zero attached hydrogens (tertiary/aromatic N) is 1. The Balaban J connectivity index is 1.38. The molecule has 10 heteroatoms. The molecule has 0 unspecified atom stereocenters. The lowest BCUT2D eigenvalue weighted by Crippen LogP contribution is -2.13. The molecule has 0 spiro atoms. The second-order valence-electron chi connectivity index (χ2n) is 8.61. The molecule has 0 heterocycles. The van der Waals surface area contributed by atoms with E-state index >= 15 is 0 Å². The smallest absolute Gasteiger partial charge is 0.266 e. The molecule has 0 aliphatic rings. The summed E-state index contributed by atoms with van der Waals surface area (Å²) in [4.78, 5) is 12.8. The maximum Gasteiger partial charge on any atom is 0.266 e. The Kier molecular flexibility index (Phi) is 10.4. The molecule has 1 amide bonds. The van der Waals surface area contributed by atoms with Gasteiger partial charge in [0.1, 0.15) is 30.6 Å². The van der Waals surface area contributed by atoms with Gasteiger partial charge < -0.3 is 19.5 Å². The number of halogens is 4. The third-order valence-corrected chi connectivity index (χ3v) is 6.96. The first kappa shape index (κ1) is 30.1. The molecule has 0 saturated carbocycles. The molecule has 6 nitrogen and oxygen atoms in total. The number of rotatable bonds is 10. The number of hydrogen-bond donors (Lipinski definition) is 1. The topological polar surface area (TPSA) is 80.6 Å². The largest absolute Gasteiger partial charge is 0.493 e. The van der Waals surface area contributed by atoms with Crippen LogP contribution in [0, 0.1) is 11.3 Å². The third-order valence-electron chi connectivity index (χ3n) is 5.78. The van der Waals surface area contributed by atoms with E-state index in [2.05, 4.69) is 5.32 Å². The van der Waals surface area contributed by atoms with Crippen LogP contribution in [0.5, 0.6) is 17.2 Å². The fraction of sp³-hybridized carbons (Fsp3) is 0.0968. The summed E-state index contributed by atoms with van der Waals surface area (Å²) in [5.74, 6) is 0.917. The van der Waals surface area contributed by atoms with Crippen molar-refractivity contribution in [3.8, 4) is 23.3 Å². The molecule has 4 aromatic carbocycles. The average molecular weight is 628 g/mol. The van der Waals surface area contributed by atoms with Crippen molar-refractivity contribution in [2.24, 2.45) is 0 Å².